The molecular formula is C17H12FNO2. The third-order valence-electron chi connectivity index (χ3n) is 3.08. The molecule has 0 aromatic heterocycles. The highest BCUT2D eigenvalue weighted by molar-refractivity contribution is 6.12. The Hall–Kier alpha value is -2.75. The molecule has 0 amide bonds. The van der Waals surface area contributed by atoms with Crippen LogP contribution in [-0.2, 0) is 9.53 Å². The van der Waals surface area contributed by atoms with Crippen molar-refractivity contribution in [2.75, 3.05) is 0 Å². The van der Waals surface area contributed by atoms with Crippen molar-refractivity contribution in [3.8, 4) is 0 Å². The maximum atomic E-state index is 13.6. The summed E-state index contributed by atoms with van der Waals surface area (Å²) in [5.41, 5.74) is 2.16. The summed E-state index contributed by atoms with van der Waals surface area (Å²) >= 11 is 0. The number of nitrogens with zero attached hydrogens (tertiary/aromatic N) is 1. The third-order valence-corrected chi connectivity index (χ3v) is 3.08. The molecule has 1 heterocycles. The van der Waals surface area contributed by atoms with E-state index in [1.54, 1.807) is 18.2 Å². The van der Waals surface area contributed by atoms with E-state index in [-0.39, 0.29) is 11.6 Å². The molecule has 0 aliphatic carbocycles. The number of hydrogen-bond donors (Lipinski definition) is 0. The molecule has 0 atom stereocenters. The van der Waals surface area contributed by atoms with Crippen LogP contribution in [0.5, 0.6) is 0 Å². The number of carbonyl (C=O) groups is 1. The first kappa shape index (κ1) is 13.2. The lowest BCUT2D eigenvalue weighted by atomic mass is 10.1. The smallest absolute Gasteiger partial charge is 0.363 e. The van der Waals surface area contributed by atoms with Gasteiger partial charge in [0.05, 0.1) is 0 Å². The van der Waals surface area contributed by atoms with Crippen molar-refractivity contribution in [2.24, 2.45) is 4.99 Å². The number of halogens is 1. The molecule has 3 nitrogen and oxygen atoms in total. The molecule has 4 heteroatoms. The minimum Gasteiger partial charge on any atom is -0.402 e. The first-order valence-corrected chi connectivity index (χ1v) is 6.47. The Labute approximate surface area is 121 Å². The Morgan fingerprint density at radius 3 is 2.71 bits per heavy atom. The van der Waals surface area contributed by atoms with Gasteiger partial charge in [-0.2, -0.15) is 0 Å². The number of cyclic esters (lactones) is 1. The zero-order valence-corrected chi connectivity index (χ0v) is 11.3. The van der Waals surface area contributed by atoms with Gasteiger partial charge in [-0.05, 0) is 31.2 Å². The molecule has 2 aromatic carbocycles. The lowest BCUT2D eigenvalue weighted by Crippen LogP contribution is -2.05. The van der Waals surface area contributed by atoms with Crippen molar-refractivity contribution >= 4 is 17.9 Å². The summed E-state index contributed by atoms with van der Waals surface area (Å²) in [4.78, 5) is 16.0. The summed E-state index contributed by atoms with van der Waals surface area (Å²) in [6.45, 7) is 1.94. The van der Waals surface area contributed by atoms with Gasteiger partial charge >= 0.3 is 5.97 Å². The number of hydrogen-bond acceptors (Lipinski definition) is 3. The van der Waals surface area contributed by atoms with E-state index in [0.29, 0.717) is 5.56 Å². The monoisotopic (exact) mass is 281 g/mol. The van der Waals surface area contributed by atoms with Crippen molar-refractivity contribution in [1.29, 1.82) is 0 Å². The maximum Gasteiger partial charge on any atom is 0.363 e. The van der Waals surface area contributed by atoms with Gasteiger partial charge in [-0.3, -0.25) is 0 Å². The van der Waals surface area contributed by atoms with E-state index in [2.05, 4.69) is 4.99 Å². The Kier molecular flexibility index (Phi) is 3.36. The van der Waals surface area contributed by atoms with Crippen LogP contribution in [0.2, 0.25) is 0 Å². The van der Waals surface area contributed by atoms with Crippen molar-refractivity contribution < 1.29 is 13.9 Å². The second kappa shape index (κ2) is 5.32. The molecule has 0 bridgehead atoms. The Bertz CT molecular complexity index is 778. The first-order valence-electron chi connectivity index (χ1n) is 6.47. The zero-order valence-electron chi connectivity index (χ0n) is 11.3. The topological polar surface area (TPSA) is 38.7 Å². The Balaban J connectivity index is 1.98. The number of benzene rings is 2. The van der Waals surface area contributed by atoms with Crippen LogP contribution in [0.4, 0.5) is 4.39 Å². The molecule has 3 rings (SSSR count). The standard InChI is InChI=1S/C17H12FNO2/c1-11-5-4-7-13(9-11)16-19-15(17(20)21-16)10-12-6-2-3-8-14(12)18/h2-10H,1H3/b15-10-. The maximum absolute atomic E-state index is 13.6. The van der Waals surface area contributed by atoms with E-state index in [9.17, 15) is 9.18 Å². The van der Waals surface area contributed by atoms with Gasteiger partial charge in [-0.1, -0.05) is 35.9 Å². The lowest BCUT2D eigenvalue weighted by molar-refractivity contribution is -0.129. The van der Waals surface area contributed by atoms with Crippen LogP contribution in [0, 0.1) is 12.7 Å². The lowest BCUT2D eigenvalue weighted by Gasteiger charge is -1.99. The normalized spacial score (nSPS) is 16.0. The largest absolute Gasteiger partial charge is 0.402 e. The molecule has 1 aliphatic heterocycles. The van der Waals surface area contributed by atoms with Crippen LogP contribution < -0.4 is 0 Å². The van der Waals surface area contributed by atoms with Crippen molar-refractivity contribution in [3.05, 3.63) is 76.7 Å². The van der Waals surface area contributed by atoms with E-state index in [1.807, 2.05) is 31.2 Å². The van der Waals surface area contributed by atoms with Gasteiger partial charge in [-0.15, -0.1) is 0 Å². The minimum atomic E-state index is -0.574. The van der Waals surface area contributed by atoms with Crippen molar-refractivity contribution in [1.82, 2.24) is 0 Å². The van der Waals surface area contributed by atoms with Gasteiger partial charge in [0.2, 0.25) is 5.90 Å². The number of aliphatic imine (C=N–C) groups is 1. The van der Waals surface area contributed by atoms with E-state index < -0.39 is 11.8 Å². The quantitative estimate of drug-likeness (QED) is 0.624. The predicted octanol–water partition coefficient (Wildman–Crippen LogP) is 3.48. The third kappa shape index (κ3) is 2.74. The van der Waals surface area contributed by atoms with Crippen molar-refractivity contribution in [2.45, 2.75) is 6.92 Å². The molecule has 21 heavy (non-hydrogen) atoms. The van der Waals surface area contributed by atoms with Crippen LogP contribution in [0.25, 0.3) is 6.08 Å². The second-order valence-electron chi connectivity index (χ2n) is 4.73. The summed E-state index contributed by atoms with van der Waals surface area (Å²) in [5, 5.41) is 0. The number of rotatable bonds is 2. The molecular weight excluding hydrogens is 269 g/mol. The summed E-state index contributed by atoms with van der Waals surface area (Å²) < 4.78 is 18.7. The molecule has 0 unspecified atom stereocenters. The fourth-order valence-corrected chi connectivity index (χ4v) is 2.05. The summed E-state index contributed by atoms with van der Waals surface area (Å²) in [6, 6.07) is 13.7. The van der Waals surface area contributed by atoms with E-state index >= 15 is 0 Å². The van der Waals surface area contributed by atoms with Gasteiger partial charge in [0.15, 0.2) is 5.70 Å². The molecule has 2 aromatic rings. The minimum absolute atomic E-state index is 0.0941. The zero-order chi connectivity index (χ0) is 14.8. The summed E-state index contributed by atoms with van der Waals surface area (Å²) in [6.07, 6.45) is 1.39. The van der Waals surface area contributed by atoms with Crippen LogP contribution in [0.15, 0.2) is 59.2 Å². The summed E-state index contributed by atoms with van der Waals surface area (Å²) in [5.74, 6) is -0.738. The van der Waals surface area contributed by atoms with E-state index in [1.165, 1.54) is 12.1 Å². The molecule has 0 saturated carbocycles. The van der Waals surface area contributed by atoms with Crippen LogP contribution in [-0.4, -0.2) is 11.9 Å². The fourth-order valence-electron chi connectivity index (χ4n) is 2.05. The van der Waals surface area contributed by atoms with Crippen LogP contribution >= 0.6 is 0 Å². The fraction of sp³-hybridized carbons (Fsp3) is 0.0588. The molecule has 0 spiro atoms. The molecule has 1 aliphatic rings. The van der Waals surface area contributed by atoms with Gasteiger partial charge in [0, 0.05) is 11.1 Å². The van der Waals surface area contributed by atoms with Gasteiger partial charge in [0.25, 0.3) is 0 Å². The number of esters is 1. The molecule has 0 saturated heterocycles. The Morgan fingerprint density at radius 1 is 1.14 bits per heavy atom. The number of ether oxygens (including phenoxy) is 1. The van der Waals surface area contributed by atoms with Gasteiger partial charge in [0.1, 0.15) is 5.82 Å². The van der Waals surface area contributed by atoms with Gasteiger partial charge in [-0.25, -0.2) is 14.2 Å². The molecule has 0 radical (unpaired) electrons. The molecule has 0 fully saturated rings. The van der Waals surface area contributed by atoms with Crippen LogP contribution in [0.3, 0.4) is 0 Å². The number of aryl methyl sites for hydroxylation is 1. The first-order chi connectivity index (χ1) is 10.1. The highest BCUT2D eigenvalue weighted by Crippen LogP contribution is 2.20. The SMILES string of the molecule is Cc1cccc(C2=N/C(=C\c3ccccc3F)C(=O)O2)c1. The highest BCUT2D eigenvalue weighted by Gasteiger charge is 2.24. The summed E-state index contributed by atoms with van der Waals surface area (Å²) in [7, 11) is 0. The van der Waals surface area contributed by atoms with E-state index in [0.717, 1.165) is 11.1 Å². The number of carbonyl (C=O) groups excluding carboxylic acids is 1. The molecule has 104 valence electrons. The highest BCUT2D eigenvalue weighted by atomic mass is 19.1. The average molecular weight is 281 g/mol. The predicted molar refractivity (Wildman–Crippen MR) is 78.2 cm³/mol. The average Bonchev–Trinajstić information content (AvgIpc) is 2.83. The molecule has 0 N–H and O–H groups in total. The van der Waals surface area contributed by atoms with Crippen LogP contribution in [0.1, 0.15) is 16.7 Å². The Morgan fingerprint density at radius 2 is 1.95 bits per heavy atom. The van der Waals surface area contributed by atoms with Gasteiger partial charge < -0.3 is 4.74 Å². The van der Waals surface area contributed by atoms with Crippen molar-refractivity contribution in [3.63, 3.8) is 0 Å². The van der Waals surface area contributed by atoms with E-state index in [4.69, 9.17) is 4.74 Å². The second-order valence-corrected chi connectivity index (χ2v) is 4.73.